The van der Waals surface area contributed by atoms with Gasteiger partial charge in [-0.05, 0) is 50.1 Å². The summed E-state index contributed by atoms with van der Waals surface area (Å²) in [6.45, 7) is 10.1. The average molecular weight is 583 g/mol. The molecule has 0 amide bonds. The molecule has 6 rings (SSSR count). The zero-order valence-corrected chi connectivity index (χ0v) is 25.2. The van der Waals surface area contributed by atoms with Crippen molar-refractivity contribution in [2.45, 2.75) is 50.1 Å². The van der Waals surface area contributed by atoms with Gasteiger partial charge in [-0.1, -0.05) is 42.5 Å². The predicted molar refractivity (Wildman–Crippen MR) is 171 cm³/mol. The molecule has 0 spiro atoms. The quantitative estimate of drug-likeness (QED) is 0.458. The molecule has 1 aromatic heterocycles. The summed E-state index contributed by atoms with van der Waals surface area (Å²) >= 11 is 0. The summed E-state index contributed by atoms with van der Waals surface area (Å²) in [5, 5.41) is 13.7. The number of aliphatic hydroxyl groups is 1. The van der Waals surface area contributed by atoms with E-state index in [1.807, 2.05) is 36.7 Å². The predicted octanol–water partition coefficient (Wildman–Crippen LogP) is 2.48. The van der Waals surface area contributed by atoms with Crippen molar-refractivity contribution in [1.82, 2.24) is 30.0 Å². The minimum absolute atomic E-state index is 0.0131. The van der Waals surface area contributed by atoms with Gasteiger partial charge in [0.25, 0.3) is 0 Å². The van der Waals surface area contributed by atoms with Crippen molar-refractivity contribution in [3.05, 3.63) is 77.8 Å². The maximum Gasteiger partial charge on any atom is 0.225 e. The molecule has 43 heavy (non-hydrogen) atoms. The van der Waals surface area contributed by atoms with Gasteiger partial charge in [0.2, 0.25) is 18.2 Å². The minimum Gasteiger partial charge on any atom is -0.392 e. The van der Waals surface area contributed by atoms with Gasteiger partial charge in [-0.15, -0.1) is 0 Å². The van der Waals surface area contributed by atoms with Gasteiger partial charge < -0.3 is 25.1 Å². The number of allylic oxidation sites excluding steroid dienone is 1. The monoisotopic (exact) mass is 582 g/mol. The number of aromatic nitrogens is 2. The third-order valence-corrected chi connectivity index (χ3v) is 9.05. The van der Waals surface area contributed by atoms with Crippen LogP contribution in [0.15, 0.2) is 81.6 Å². The minimum atomic E-state index is -0.598. The van der Waals surface area contributed by atoms with Crippen molar-refractivity contribution in [3.8, 4) is 0 Å². The zero-order chi connectivity index (χ0) is 29.9. The molecular formula is C32H42N10O. The summed E-state index contributed by atoms with van der Waals surface area (Å²) in [5.74, 6) is 1.50. The first kappa shape index (κ1) is 29.0. The van der Waals surface area contributed by atoms with Crippen LogP contribution in [0, 0.1) is 0 Å². The van der Waals surface area contributed by atoms with E-state index < -0.39 is 5.66 Å². The number of hydrogen-bond acceptors (Lipinski definition) is 11. The molecule has 0 radical (unpaired) electrons. The number of anilines is 1. The van der Waals surface area contributed by atoms with Crippen molar-refractivity contribution in [2.24, 2.45) is 15.0 Å². The first-order valence-corrected chi connectivity index (χ1v) is 15.1. The molecule has 3 atom stereocenters. The number of benzene rings is 1. The Morgan fingerprint density at radius 2 is 1.79 bits per heavy atom. The van der Waals surface area contributed by atoms with E-state index in [-0.39, 0.29) is 18.4 Å². The molecule has 3 aliphatic heterocycles. The highest BCUT2D eigenvalue weighted by Crippen LogP contribution is 2.40. The highest BCUT2D eigenvalue weighted by Gasteiger charge is 2.47. The van der Waals surface area contributed by atoms with Gasteiger partial charge in [0.15, 0.2) is 0 Å². The molecule has 11 nitrogen and oxygen atoms in total. The molecule has 2 saturated heterocycles. The van der Waals surface area contributed by atoms with E-state index >= 15 is 0 Å². The molecule has 4 aliphatic rings. The Labute approximate surface area is 254 Å². The van der Waals surface area contributed by atoms with Crippen molar-refractivity contribution in [3.63, 3.8) is 0 Å². The lowest BCUT2D eigenvalue weighted by Gasteiger charge is -2.46. The fourth-order valence-electron chi connectivity index (χ4n) is 6.43. The van der Waals surface area contributed by atoms with Gasteiger partial charge in [-0.2, -0.15) is 0 Å². The molecule has 2 N–H and O–H groups in total. The maximum absolute atomic E-state index is 10.1. The number of hydrogen-bond donors (Lipinski definition) is 2. The van der Waals surface area contributed by atoms with Crippen molar-refractivity contribution in [1.29, 1.82) is 0 Å². The van der Waals surface area contributed by atoms with Gasteiger partial charge in [0, 0.05) is 69.8 Å². The van der Waals surface area contributed by atoms with E-state index in [1.54, 1.807) is 0 Å². The summed E-state index contributed by atoms with van der Waals surface area (Å²) in [7, 11) is 1.98. The number of nitrogens with one attached hydrogen (secondary N) is 1. The van der Waals surface area contributed by atoms with Gasteiger partial charge in [-0.3, -0.25) is 9.89 Å². The van der Waals surface area contributed by atoms with Crippen molar-refractivity contribution < 1.29 is 5.11 Å². The number of likely N-dealkylation sites (tertiary alicyclic amines) is 1. The fourth-order valence-corrected chi connectivity index (χ4v) is 6.43. The number of piperazine rings is 1. The van der Waals surface area contributed by atoms with Crippen LogP contribution in [0.1, 0.15) is 37.3 Å². The molecule has 2 fully saturated rings. The van der Waals surface area contributed by atoms with Gasteiger partial charge in [-0.25, -0.2) is 20.0 Å². The molecule has 226 valence electrons. The number of aliphatic hydroxyl groups excluding tert-OH is 1. The van der Waals surface area contributed by atoms with E-state index in [1.165, 1.54) is 5.56 Å². The van der Waals surface area contributed by atoms with E-state index in [4.69, 9.17) is 4.99 Å². The van der Waals surface area contributed by atoms with Crippen LogP contribution in [-0.2, 0) is 6.42 Å². The molecule has 2 aromatic rings. The Hall–Kier alpha value is -4.09. The first-order chi connectivity index (χ1) is 20.9. The normalized spacial score (nSPS) is 27.7. The van der Waals surface area contributed by atoms with Crippen molar-refractivity contribution >= 4 is 25.0 Å². The zero-order valence-electron chi connectivity index (χ0n) is 25.2. The average Bonchev–Trinajstić information content (AvgIpc) is 3.50. The van der Waals surface area contributed by atoms with Crippen LogP contribution in [0.3, 0.4) is 0 Å². The summed E-state index contributed by atoms with van der Waals surface area (Å²) in [4.78, 5) is 32.0. The molecule has 0 bridgehead atoms. The van der Waals surface area contributed by atoms with Gasteiger partial charge in [0.05, 0.1) is 12.9 Å². The second-order valence-electron chi connectivity index (χ2n) is 12.0. The Bertz CT molecular complexity index is 1400. The van der Waals surface area contributed by atoms with Crippen LogP contribution < -0.4 is 10.2 Å². The molecular weight excluding hydrogens is 540 g/mol. The van der Waals surface area contributed by atoms with E-state index in [0.717, 1.165) is 81.6 Å². The van der Waals surface area contributed by atoms with Crippen LogP contribution >= 0.6 is 0 Å². The number of rotatable bonds is 8. The lowest BCUT2D eigenvalue weighted by Crippen LogP contribution is -2.56. The summed E-state index contributed by atoms with van der Waals surface area (Å²) in [5.41, 5.74) is 2.56. The van der Waals surface area contributed by atoms with E-state index in [0.29, 0.717) is 0 Å². The second-order valence-corrected chi connectivity index (χ2v) is 12.0. The third kappa shape index (κ3) is 6.05. The summed E-state index contributed by atoms with van der Waals surface area (Å²) in [6, 6.07) is 10.4. The van der Waals surface area contributed by atoms with E-state index in [9.17, 15) is 5.11 Å². The topological polar surface area (TPSA) is 108 Å². The number of guanidine groups is 1. The lowest BCUT2D eigenvalue weighted by atomic mass is 9.88. The van der Waals surface area contributed by atoms with Gasteiger partial charge in [0.1, 0.15) is 5.66 Å². The van der Waals surface area contributed by atoms with Crippen LogP contribution in [0.25, 0.3) is 0 Å². The lowest BCUT2D eigenvalue weighted by molar-refractivity contribution is 0.0136. The highest BCUT2D eigenvalue weighted by atomic mass is 16.3. The van der Waals surface area contributed by atoms with Crippen LogP contribution in [0.5, 0.6) is 0 Å². The Morgan fingerprint density at radius 1 is 1.05 bits per heavy atom. The fraction of sp³-hybridized carbons (Fsp3) is 0.469. The Morgan fingerprint density at radius 3 is 2.47 bits per heavy atom. The van der Waals surface area contributed by atoms with Crippen molar-refractivity contribution in [2.75, 3.05) is 51.3 Å². The van der Waals surface area contributed by atoms with Gasteiger partial charge >= 0.3 is 0 Å². The highest BCUT2D eigenvalue weighted by molar-refractivity contribution is 5.89. The molecule has 11 heteroatoms. The largest absolute Gasteiger partial charge is 0.392 e. The number of aliphatic imine (C=N–C) groups is 3. The van der Waals surface area contributed by atoms with Crippen LogP contribution in [0.4, 0.5) is 5.95 Å². The Kier molecular flexibility index (Phi) is 8.27. The third-order valence-electron chi connectivity index (χ3n) is 9.05. The Balaban J connectivity index is 1.04. The molecule has 1 aliphatic carbocycles. The first-order valence-electron chi connectivity index (χ1n) is 15.1. The smallest absolute Gasteiger partial charge is 0.225 e. The summed E-state index contributed by atoms with van der Waals surface area (Å²) in [6.07, 6.45) is 15.5. The van der Waals surface area contributed by atoms with Crippen LogP contribution in [0.2, 0.25) is 0 Å². The molecule has 1 aromatic carbocycles. The standard InChI is InChI=1S/C32H42N10O/c1-31(42-15-7-12-32(42,23-43)33-2)13-10-27(11-14-31)37-30-38-29(36-24-39(30)3)41-18-16-40(17-19-41)28-34-21-26(22-35-28)20-25-8-5-4-6-9-25/h4-6,8-11,13,21-22,24,30,37,43H,2,7,12,14-20,23H2,1,3H3/t30?,31?,32-/m0/s1. The second kappa shape index (κ2) is 12.3. The summed E-state index contributed by atoms with van der Waals surface area (Å²) < 4.78 is 0. The number of nitrogens with zero attached hydrogens (tertiary/aromatic N) is 9. The molecule has 0 saturated carbocycles. The van der Waals surface area contributed by atoms with Crippen LogP contribution in [-0.4, -0.2) is 113 Å². The molecule has 4 heterocycles. The van der Waals surface area contributed by atoms with E-state index in [2.05, 4.69) is 96.1 Å². The SMILES string of the molecule is C=N[C@@]1(CO)CCCN1C1(C)C=CC(NC2N=C(N3CCN(c4ncc(Cc5ccccc5)cn4)CC3)N=CN2C)=CC1. The molecule has 2 unspecified atom stereocenters. The maximum atomic E-state index is 10.1.